The number of terminal acetylenes is 1. The Kier molecular flexibility index (Phi) is 4.57. The number of hydrogen-bond acceptors (Lipinski definition) is 3. The minimum atomic E-state index is -4.09. The van der Waals surface area contributed by atoms with Crippen LogP contribution < -0.4 is 10.5 Å². The minimum Gasteiger partial charge on any atom is -0.399 e. The maximum absolute atomic E-state index is 13.7. The van der Waals surface area contributed by atoms with E-state index < -0.39 is 26.8 Å². The molecule has 4 nitrogen and oxygen atoms in total. The molecule has 7 heteroatoms. The molecule has 0 aliphatic heterocycles. The summed E-state index contributed by atoms with van der Waals surface area (Å²) in [5.41, 5.74) is 5.49. The van der Waals surface area contributed by atoms with Gasteiger partial charge in [0.2, 0.25) is 10.0 Å². The van der Waals surface area contributed by atoms with Gasteiger partial charge < -0.3 is 5.73 Å². The Morgan fingerprint density at radius 3 is 2.72 bits per heavy atom. The standard InChI is InChI=1S/C11H12ClFN2O2S/c1-3-8(4-2)15-18(16,17)10-6-7(14)5-9(12)11(10)13/h1,5-6,8,15H,4,14H2,2H3. The third-order valence-corrected chi connectivity index (χ3v) is 3.96. The van der Waals surface area contributed by atoms with Crippen LogP contribution in [-0.2, 0) is 10.0 Å². The van der Waals surface area contributed by atoms with Crippen LogP contribution in [0.5, 0.6) is 0 Å². The zero-order valence-electron chi connectivity index (χ0n) is 9.57. The molecular weight excluding hydrogens is 279 g/mol. The first-order valence-corrected chi connectivity index (χ1v) is 6.91. The molecule has 1 unspecified atom stereocenters. The Balaban J connectivity index is 3.26. The Morgan fingerprint density at radius 1 is 1.61 bits per heavy atom. The van der Waals surface area contributed by atoms with Gasteiger partial charge in [0.05, 0.1) is 11.1 Å². The summed E-state index contributed by atoms with van der Waals surface area (Å²) in [4.78, 5) is -0.610. The van der Waals surface area contributed by atoms with E-state index in [1.165, 1.54) is 0 Å². The van der Waals surface area contributed by atoms with E-state index in [2.05, 4.69) is 10.6 Å². The van der Waals surface area contributed by atoms with Gasteiger partial charge in [-0.3, -0.25) is 0 Å². The largest absolute Gasteiger partial charge is 0.399 e. The van der Waals surface area contributed by atoms with Gasteiger partial charge in [-0.1, -0.05) is 24.4 Å². The summed E-state index contributed by atoms with van der Waals surface area (Å²) in [5.74, 6) is 1.20. The number of benzene rings is 1. The van der Waals surface area contributed by atoms with Gasteiger partial charge >= 0.3 is 0 Å². The molecule has 0 spiro atoms. The van der Waals surface area contributed by atoms with Crippen LogP contribution in [0.25, 0.3) is 0 Å². The second kappa shape index (κ2) is 5.57. The third-order valence-electron chi connectivity index (χ3n) is 2.21. The first kappa shape index (κ1) is 14.8. The molecule has 1 atom stereocenters. The summed E-state index contributed by atoms with van der Waals surface area (Å²) in [5, 5.41) is -0.357. The summed E-state index contributed by atoms with van der Waals surface area (Å²) >= 11 is 5.54. The predicted octanol–water partition coefficient (Wildman–Crippen LogP) is 1.75. The van der Waals surface area contributed by atoms with E-state index in [1.54, 1.807) is 6.92 Å². The van der Waals surface area contributed by atoms with Crippen molar-refractivity contribution in [1.82, 2.24) is 4.72 Å². The highest BCUT2D eigenvalue weighted by Gasteiger charge is 2.23. The van der Waals surface area contributed by atoms with Gasteiger partial charge in [0, 0.05) is 5.69 Å². The maximum Gasteiger partial charge on any atom is 0.244 e. The smallest absolute Gasteiger partial charge is 0.244 e. The summed E-state index contributed by atoms with van der Waals surface area (Å²) < 4.78 is 39.7. The van der Waals surface area contributed by atoms with Crippen molar-refractivity contribution in [3.05, 3.63) is 23.0 Å². The average Bonchev–Trinajstić information content (AvgIpc) is 2.30. The van der Waals surface area contributed by atoms with E-state index in [1.807, 2.05) is 0 Å². The molecule has 0 aliphatic rings. The molecule has 0 radical (unpaired) electrons. The molecule has 18 heavy (non-hydrogen) atoms. The number of nitrogens with two attached hydrogens (primary N) is 1. The van der Waals surface area contributed by atoms with Crippen molar-refractivity contribution in [2.24, 2.45) is 0 Å². The Morgan fingerprint density at radius 2 is 2.22 bits per heavy atom. The normalized spacial score (nSPS) is 13.0. The molecule has 0 aromatic heterocycles. The zero-order chi connectivity index (χ0) is 13.9. The van der Waals surface area contributed by atoms with E-state index in [0.717, 1.165) is 12.1 Å². The van der Waals surface area contributed by atoms with Gasteiger partial charge in [-0.25, -0.2) is 12.8 Å². The van der Waals surface area contributed by atoms with E-state index in [-0.39, 0.29) is 10.7 Å². The van der Waals surface area contributed by atoms with Crippen molar-refractivity contribution in [3.63, 3.8) is 0 Å². The van der Waals surface area contributed by atoms with Crippen molar-refractivity contribution >= 4 is 27.3 Å². The van der Waals surface area contributed by atoms with Crippen LogP contribution in [0.4, 0.5) is 10.1 Å². The summed E-state index contributed by atoms with van der Waals surface area (Å²) in [7, 11) is -4.09. The topological polar surface area (TPSA) is 72.2 Å². The lowest BCUT2D eigenvalue weighted by Gasteiger charge is -2.13. The minimum absolute atomic E-state index is 0.0514. The lowest BCUT2D eigenvalue weighted by molar-refractivity contribution is 0.550. The van der Waals surface area contributed by atoms with E-state index in [0.29, 0.717) is 6.42 Å². The Bertz CT molecular complexity index is 596. The van der Waals surface area contributed by atoms with Crippen molar-refractivity contribution in [1.29, 1.82) is 0 Å². The molecule has 0 aliphatic carbocycles. The monoisotopic (exact) mass is 290 g/mol. The second-order valence-electron chi connectivity index (χ2n) is 3.56. The van der Waals surface area contributed by atoms with Gasteiger partial charge in [-0.05, 0) is 18.6 Å². The number of halogens is 2. The first-order valence-electron chi connectivity index (χ1n) is 5.04. The van der Waals surface area contributed by atoms with E-state index >= 15 is 0 Å². The number of nitrogens with one attached hydrogen (secondary N) is 1. The van der Waals surface area contributed by atoms with Crippen LogP contribution >= 0.6 is 11.6 Å². The summed E-state index contributed by atoms with van der Waals surface area (Å²) in [6.45, 7) is 1.70. The van der Waals surface area contributed by atoms with Crippen LogP contribution in [0.2, 0.25) is 5.02 Å². The zero-order valence-corrected chi connectivity index (χ0v) is 11.1. The van der Waals surface area contributed by atoms with Gasteiger partial charge in [-0.15, -0.1) is 6.42 Å². The lowest BCUT2D eigenvalue weighted by atomic mass is 10.3. The number of hydrogen-bond donors (Lipinski definition) is 2. The fourth-order valence-electron chi connectivity index (χ4n) is 1.27. The molecule has 1 aromatic rings. The van der Waals surface area contributed by atoms with Crippen LogP contribution in [0.15, 0.2) is 17.0 Å². The maximum atomic E-state index is 13.7. The molecule has 1 rings (SSSR count). The highest BCUT2D eigenvalue weighted by molar-refractivity contribution is 7.89. The predicted molar refractivity (Wildman–Crippen MR) is 69.1 cm³/mol. The summed E-state index contributed by atoms with van der Waals surface area (Å²) in [6, 6.07) is 1.41. The van der Waals surface area contributed by atoms with Crippen LogP contribution in [0.3, 0.4) is 0 Å². The molecule has 0 amide bonds. The third kappa shape index (κ3) is 3.13. The Labute approximate surface area is 110 Å². The lowest BCUT2D eigenvalue weighted by Crippen LogP contribution is -2.33. The van der Waals surface area contributed by atoms with Crippen molar-refractivity contribution in [2.45, 2.75) is 24.3 Å². The van der Waals surface area contributed by atoms with Gasteiger partial charge in [0.1, 0.15) is 4.90 Å². The number of nitrogen functional groups attached to an aromatic ring is 1. The summed E-state index contributed by atoms with van der Waals surface area (Å²) in [6.07, 6.45) is 5.53. The van der Waals surface area contributed by atoms with Crippen LogP contribution in [0.1, 0.15) is 13.3 Å². The highest BCUT2D eigenvalue weighted by atomic mass is 35.5. The van der Waals surface area contributed by atoms with Crippen molar-refractivity contribution < 1.29 is 12.8 Å². The quantitative estimate of drug-likeness (QED) is 0.655. The molecule has 98 valence electrons. The van der Waals surface area contributed by atoms with Gasteiger partial charge in [-0.2, -0.15) is 4.72 Å². The van der Waals surface area contributed by atoms with Gasteiger partial charge in [0.15, 0.2) is 5.82 Å². The molecule has 0 fully saturated rings. The van der Waals surface area contributed by atoms with Crippen molar-refractivity contribution in [3.8, 4) is 12.3 Å². The first-order chi connectivity index (χ1) is 8.31. The second-order valence-corrected chi connectivity index (χ2v) is 5.65. The van der Waals surface area contributed by atoms with E-state index in [9.17, 15) is 12.8 Å². The molecule has 0 heterocycles. The Hall–Kier alpha value is -1.29. The SMILES string of the molecule is C#CC(CC)NS(=O)(=O)c1cc(N)cc(Cl)c1F. The molecule has 0 bridgehead atoms. The fraction of sp³-hybridized carbons (Fsp3) is 0.273. The molecular formula is C11H12ClFN2O2S. The number of sulfonamides is 1. The number of anilines is 1. The average molecular weight is 291 g/mol. The molecule has 3 N–H and O–H groups in total. The van der Waals surface area contributed by atoms with E-state index in [4.69, 9.17) is 23.8 Å². The van der Waals surface area contributed by atoms with Crippen LogP contribution in [-0.4, -0.2) is 14.5 Å². The highest BCUT2D eigenvalue weighted by Crippen LogP contribution is 2.25. The molecule has 0 saturated heterocycles. The molecule has 0 saturated carbocycles. The molecule has 1 aromatic carbocycles. The van der Waals surface area contributed by atoms with Crippen molar-refractivity contribution in [2.75, 3.05) is 5.73 Å². The fourth-order valence-corrected chi connectivity index (χ4v) is 2.92. The van der Waals surface area contributed by atoms with Crippen LogP contribution in [0, 0.1) is 18.2 Å². The van der Waals surface area contributed by atoms with Gasteiger partial charge in [0.25, 0.3) is 0 Å². The number of rotatable bonds is 4.